The van der Waals surface area contributed by atoms with Crippen LogP contribution >= 0.6 is 11.6 Å². The predicted molar refractivity (Wildman–Crippen MR) is 105 cm³/mol. The molecule has 0 amide bonds. The highest BCUT2D eigenvalue weighted by atomic mass is 35.5. The third-order valence-corrected chi connectivity index (χ3v) is 4.68. The van der Waals surface area contributed by atoms with E-state index in [0.29, 0.717) is 39.4 Å². The van der Waals surface area contributed by atoms with Gasteiger partial charge in [0.05, 0.1) is 18.4 Å². The zero-order valence-corrected chi connectivity index (χ0v) is 16.3. The first kappa shape index (κ1) is 19.1. The predicted octanol–water partition coefficient (Wildman–Crippen LogP) is 3.49. The Morgan fingerprint density at radius 1 is 1.15 bits per heavy atom. The van der Waals surface area contributed by atoms with E-state index in [1.54, 1.807) is 49.6 Å². The molecule has 0 fully saturated rings. The summed E-state index contributed by atoms with van der Waals surface area (Å²) in [6, 6.07) is 12.3. The van der Waals surface area contributed by atoms with Gasteiger partial charge in [-0.3, -0.25) is 0 Å². The van der Waals surface area contributed by atoms with Gasteiger partial charge >= 0.3 is 0 Å². The topological polar surface area (TPSA) is 94.1 Å². The van der Waals surface area contributed by atoms with Crippen LogP contribution in [0.4, 0.5) is 11.6 Å². The molecule has 0 aliphatic carbocycles. The van der Waals surface area contributed by atoms with E-state index in [4.69, 9.17) is 16.3 Å². The van der Waals surface area contributed by atoms with Gasteiger partial charge in [-0.05, 0) is 35.9 Å². The lowest BCUT2D eigenvalue weighted by Gasteiger charge is -2.10. The molecule has 140 valence electrons. The van der Waals surface area contributed by atoms with Crippen LogP contribution in [0.3, 0.4) is 0 Å². The van der Waals surface area contributed by atoms with Crippen LogP contribution in [0.2, 0.25) is 5.02 Å². The molecule has 0 radical (unpaired) electrons. The molecule has 0 bridgehead atoms. The maximum absolute atomic E-state index is 11.5. The zero-order valence-electron chi connectivity index (χ0n) is 14.7. The van der Waals surface area contributed by atoms with Crippen LogP contribution < -0.4 is 10.1 Å². The Bertz CT molecular complexity index is 1070. The number of nitrogens with zero attached hydrogens (tertiary/aromatic N) is 3. The Balaban J connectivity index is 1.88. The zero-order chi connectivity index (χ0) is 19.4. The second-order valence-corrected chi connectivity index (χ2v) is 8.45. The number of ether oxygens (including phenoxy) is 1. The molecule has 7 nitrogen and oxygen atoms in total. The lowest BCUT2D eigenvalue weighted by Crippen LogP contribution is -2.03. The average molecular weight is 405 g/mol. The number of sulfone groups is 1. The molecule has 1 aromatic heterocycles. The number of anilines is 2. The summed E-state index contributed by atoms with van der Waals surface area (Å²) in [7, 11) is -1.57. The summed E-state index contributed by atoms with van der Waals surface area (Å²) in [5, 5.41) is 3.61. The molecule has 1 N–H and O–H groups in total. The molecule has 3 rings (SSSR count). The second-order valence-electron chi connectivity index (χ2n) is 5.87. The molecule has 0 spiro atoms. The first-order chi connectivity index (χ1) is 12.8. The Morgan fingerprint density at radius 3 is 2.70 bits per heavy atom. The van der Waals surface area contributed by atoms with Gasteiger partial charge in [-0.1, -0.05) is 23.7 Å². The third-order valence-electron chi connectivity index (χ3n) is 3.59. The number of hydrogen-bond acceptors (Lipinski definition) is 7. The van der Waals surface area contributed by atoms with E-state index in [9.17, 15) is 8.42 Å². The van der Waals surface area contributed by atoms with E-state index in [2.05, 4.69) is 20.3 Å². The summed E-state index contributed by atoms with van der Waals surface area (Å²) >= 11 is 5.99. The summed E-state index contributed by atoms with van der Waals surface area (Å²) in [5.41, 5.74) is 2.03. The minimum Gasteiger partial charge on any atom is -0.496 e. The van der Waals surface area contributed by atoms with Crippen molar-refractivity contribution < 1.29 is 13.2 Å². The van der Waals surface area contributed by atoms with Gasteiger partial charge in [-0.15, -0.1) is 0 Å². The molecular formula is C18H17ClN4O3S. The third kappa shape index (κ3) is 5.15. The lowest BCUT2D eigenvalue weighted by molar-refractivity contribution is 0.416. The number of methoxy groups -OCH3 is 1. The van der Waals surface area contributed by atoms with E-state index in [-0.39, 0.29) is 5.75 Å². The SMILES string of the molecule is COc1cc(Cl)ccc1-c1ncnc(Nc2cccc(CS(C)(=O)=O)c2)n1. The van der Waals surface area contributed by atoms with Crippen LogP contribution in [0.5, 0.6) is 5.75 Å². The Morgan fingerprint density at radius 2 is 1.96 bits per heavy atom. The molecule has 0 atom stereocenters. The van der Waals surface area contributed by atoms with Gasteiger partial charge in [0, 0.05) is 17.0 Å². The van der Waals surface area contributed by atoms with E-state index in [1.165, 1.54) is 12.6 Å². The highest BCUT2D eigenvalue weighted by Gasteiger charge is 2.11. The second kappa shape index (κ2) is 7.89. The van der Waals surface area contributed by atoms with Gasteiger partial charge in [0.15, 0.2) is 15.7 Å². The summed E-state index contributed by atoms with van der Waals surface area (Å²) in [4.78, 5) is 12.7. The smallest absolute Gasteiger partial charge is 0.230 e. The van der Waals surface area contributed by atoms with Crippen LogP contribution in [-0.4, -0.2) is 36.7 Å². The van der Waals surface area contributed by atoms with Gasteiger partial charge < -0.3 is 10.1 Å². The fourth-order valence-electron chi connectivity index (χ4n) is 2.51. The van der Waals surface area contributed by atoms with E-state index >= 15 is 0 Å². The lowest BCUT2D eigenvalue weighted by atomic mass is 10.2. The number of benzene rings is 2. The number of nitrogens with one attached hydrogen (secondary N) is 1. The fourth-order valence-corrected chi connectivity index (χ4v) is 3.45. The standard InChI is InChI=1S/C18H17ClN4O3S/c1-26-16-9-13(19)6-7-15(16)17-20-11-21-18(23-17)22-14-5-3-4-12(8-14)10-27(2,24)25/h3-9,11H,10H2,1-2H3,(H,20,21,22,23). The van der Waals surface area contributed by atoms with E-state index in [1.807, 2.05) is 0 Å². The Hall–Kier alpha value is -2.71. The average Bonchev–Trinajstić information content (AvgIpc) is 2.60. The maximum Gasteiger partial charge on any atom is 0.230 e. The van der Waals surface area contributed by atoms with Crippen molar-refractivity contribution in [1.82, 2.24) is 15.0 Å². The molecule has 3 aromatic rings. The summed E-state index contributed by atoms with van der Waals surface area (Å²) in [6.45, 7) is 0. The summed E-state index contributed by atoms with van der Waals surface area (Å²) in [6.07, 6.45) is 2.59. The number of aromatic nitrogens is 3. The van der Waals surface area contributed by atoms with Crippen molar-refractivity contribution in [3.05, 3.63) is 59.4 Å². The highest BCUT2D eigenvalue weighted by Crippen LogP contribution is 2.30. The first-order valence-corrected chi connectivity index (χ1v) is 10.3. The van der Waals surface area contributed by atoms with Gasteiger partial charge in [-0.25, -0.2) is 18.4 Å². The molecule has 2 aromatic carbocycles. The van der Waals surface area contributed by atoms with Crippen molar-refractivity contribution in [2.45, 2.75) is 5.75 Å². The molecule has 9 heteroatoms. The quantitative estimate of drug-likeness (QED) is 0.671. The van der Waals surface area contributed by atoms with Crippen molar-refractivity contribution in [3.63, 3.8) is 0 Å². The maximum atomic E-state index is 11.5. The summed E-state index contributed by atoms with van der Waals surface area (Å²) < 4.78 is 28.3. The molecule has 0 saturated carbocycles. The number of halogens is 1. The van der Waals surface area contributed by atoms with Crippen molar-refractivity contribution in [2.75, 3.05) is 18.7 Å². The minimum atomic E-state index is -3.11. The molecular weight excluding hydrogens is 388 g/mol. The van der Waals surface area contributed by atoms with Gasteiger partial charge in [0.2, 0.25) is 5.95 Å². The van der Waals surface area contributed by atoms with Crippen molar-refractivity contribution in [3.8, 4) is 17.1 Å². The van der Waals surface area contributed by atoms with Gasteiger partial charge in [0.1, 0.15) is 12.1 Å². The monoisotopic (exact) mass is 404 g/mol. The van der Waals surface area contributed by atoms with Gasteiger partial charge in [0.25, 0.3) is 0 Å². The van der Waals surface area contributed by atoms with Crippen molar-refractivity contribution >= 4 is 33.1 Å². The molecule has 0 aliphatic rings. The Kier molecular flexibility index (Phi) is 5.57. The molecule has 1 heterocycles. The highest BCUT2D eigenvalue weighted by molar-refractivity contribution is 7.89. The largest absolute Gasteiger partial charge is 0.496 e. The van der Waals surface area contributed by atoms with Crippen LogP contribution in [0.1, 0.15) is 5.56 Å². The molecule has 0 aliphatic heterocycles. The minimum absolute atomic E-state index is 0.0348. The van der Waals surface area contributed by atoms with Crippen molar-refractivity contribution in [1.29, 1.82) is 0 Å². The van der Waals surface area contributed by atoms with Gasteiger partial charge in [-0.2, -0.15) is 4.98 Å². The Labute approximate surface area is 162 Å². The van der Waals surface area contributed by atoms with Crippen LogP contribution in [0.15, 0.2) is 48.8 Å². The number of rotatable bonds is 6. The van der Waals surface area contributed by atoms with Crippen molar-refractivity contribution in [2.24, 2.45) is 0 Å². The normalized spacial score (nSPS) is 11.2. The van der Waals surface area contributed by atoms with Crippen LogP contribution in [0, 0.1) is 0 Å². The van der Waals surface area contributed by atoms with Crippen LogP contribution in [0.25, 0.3) is 11.4 Å². The fraction of sp³-hybridized carbons (Fsp3) is 0.167. The molecule has 0 saturated heterocycles. The number of hydrogen-bond donors (Lipinski definition) is 1. The molecule has 0 unspecified atom stereocenters. The first-order valence-electron chi connectivity index (χ1n) is 7.91. The van der Waals surface area contributed by atoms with E-state index < -0.39 is 9.84 Å². The van der Waals surface area contributed by atoms with Crippen LogP contribution in [-0.2, 0) is 15.6 Å². The summed E-state index contributed by atoms with van der Waals surface area (Å²) in [5.74, 6) is 1.27. The molecule has 27 heavy (non-hydrogen) atoms. The van der Waals surface area contributed by atoms with E-state index in [0.717, 1.165) is 0 Å².